The molecule has 0 fully saturated rings. The molecule has 2 aromatic rings. The summed E-state index contributed by atoms with van der Waals surface area (Å²) in [7, 11) is 0. The molecule has 0 bridgehead atoms. The number of nitrogens with zero attached hydrogens (tertiary/aromatic N) is 2. The van der Waals surface area contributed by atoms with Crippen LogP contribution in [0.15, 0.2) is 42.7 Å². The van der Waals surface area contributed by atoms with Crippen LogP contribution in [0.2, 0.25) is 0 Å². The van der Waals surface area contributed by atoms with E-state index in [1.54, 1.807) is 12.4 Å². The van der Waals surface area contributed by atoms with Crippen molar-refractivity contribution in [3.8, 4) is 5.75 Å². The molecule has 0 unspecified atom stereocenters. The SMILES string of the molecule is SCc1ncc(OCc2ccccc2)cn1. The van der Waals surface area contributed by atoms with E-state index in [1.807, 2.05) is 30.3 Å². The molecule has 4 heteroatoms. The predicted molar refractivity (Wildman–Crippen MR) is 65.5 cm³/mol. The van der Waals surface area contributed by atoms with Crippen LogP contribution < -0.4 is 4.74 Å². The fourth-order valence-electron chi connectivity index (χ4n) is 1.24. The van der Waals surface area contributed by atoms with E-state index in [4.69, 9.17) is 4.74 Å². The highest BCUT2D eigenvalue weighted by molar-refractivity contribution is 7.79. The predicted octanol–water partition coefficient (Wildman–Crippen LogP) is 2.49. The van der Waals surface area contributed by atoms with E-state index in [0.717, 1.165) is 5.56 Å². The van der Waals surface area contributed by atoms with Gasteiger partial charge in [-0.15, -0.1) is 0 Å². The van der Waals surface area contributed by atoms with Crippen LogP contribution in [0.1, 0.15) is 11.4 Å². The Balaban J connectivity index is 1.94. The molecule has 0 aliphatic heterocycles. The molecular weight excluding hydrogens is 220 g/mol. The van der Waals surface area contributed by atoms with Gasteiger partial charge in [-0.1, -0.05) is 30.3 Å². The van der Waals surface area contributed by atoms with E-state index in [2.05, 4.69) is 22.6 Å². The largest absolute Gasteiger partial charge is 0.486 e. The summed E-state index contributed by atoms with van der Waals surface area (Å²) < 4.78 is 5.54. The second-order valence-corrected chi connectivity index (χ2v) is 3.58. The molecule has 0 radical (unpaired) electrons. The van der Waals surface area contributed by atoms with E-state index in [0.29, 0.717) is 23.9 Å². The van der Waals surface area contributed by atoms with Crippen LogP contribution in [0, 0.1) is 0 Å². The summed E-state index contributed by atoms with van der Waals surface area (Å²) >= 11 is 4.09. The van der Waals surface area contributed by atoms with Crippen LogP contribution in [0.25, 0.3) is 0 Å². The minimum Gasteiger partial charge on any atom is -0.486 e. The zero-order valence-corrected chi connectivity index (χ0v) is 9.60. The van der Waals surface area contributed by atoms with Crippen molar-refractivity contribution >= 4 is 12.6 Å². The van der Waals surface area contributed by atoms with E-state index < -0.39 is 0 Å². The molecule has 1 aromatic heterocycles. The maximum atomic E-state index is 5.54. The Bertz CT molecular complexity index is 431. The number of thiol groups is 1. The number of hydrogen-bond acceptors (Lipinski definition) is 4. The Labute approximate surface area is 99.9 Å². The van der Waals surface area contributed by atoms with Gasteiger partial charge < -0.3 is 4.74 Å². The number of hydrogen-bond donors (Lipinski definition) is 1. The van der Waals surface area contributed by atoms with Crippen molar-refractivity contribution in [2.75, 3.05) is 0 Å². The third kappa shape index (κ3) is 2.97. The van der Waals surface area contributed by atoms with Crippen LogP contribution in [0.4, 0.5) is 0 Å². The Morgan fingerprint density at radius 2 is 1.75 bits per heavy atom. The smallest absolute Gasteiger partial charge is 0.156 e. The number of aromatic nitrogens is 2. The Hall–Kier alpha value is -1.55. The van der Waals surface area contributed by atoms with Gasteiger partial charge in [0.05, 0.1) is 18.1 Å². The highest BCUT2D eigenvalue weighted by Gasteiger charge is 1.97. The summed E-state index contributed by atoms with van der Waals surface area (Å²) in [6.45, 7) is 0.532. The second-order valence-electron chi connectivity index (χ2n) is 3.27. The van der Waals surface area contributed by atoms with Crippen molar-refractivity contribution in [2.24, 2.45) is 0 Å². The monoisotopic (exact) mass is 232 g/mol. The Morgan fingerprint density at radius 3 is 2.38 bits per heavy atom. The van der Waals surface area contributed by atoms with Gasteiger partial charge in [0, 0.05) is 0 Å². The lowest BCUT2D eigenvalue weighted by Gasteiger charge is -2.05. The first kappa shape index (κ1) is 11.0. The van der Waals surface area contributed by atoms with Crippen LogP contribution in [-0.4, -0.2) is 9.97 Å². The maximum absolute atomic E-state index is 5.54. The molecule has 0 atom stereocenters. The molecule has 1 heterocycles. The number of benzene rings is 1. The van der Waals surface area contributed by atoms with Crippen molar-refractivity contribution < 1.29 is 4.74 Å². The molecule has 0 spiro atoms. The van der Waals surface area contributed by atoms with Gasteiger partial charge in [0.15, 0.2) is 5.75 Å². The first-order valence-electron chi connectivity index (χ1n) is 4.97. The molecule has 0 aliphatic carbocycles. The quantitative estimate of drug-likeness (QED) is 0.822. The Kier molecular flexibility index (Phi) is 3.77. The summed E-state index contributed by atoms with van der Waals surface area (Å²) in [5.41, 5.74) is 1.13. The molecule has 82 valence electrons. The molecule has 16 heavy (non-hydrogen) atoms. The number of rotatable bonds is 4. The van der Waals surface area contributed by atoms with Gasteiger partial charge in [-0.2, -0.15) is 12.6 Å². The van der Waals surface area contributed by atoms with E-state index in [-0.39, 0.29) is 0 Å². The summed E-state index contributed by atoms with van der Waals surface area (Å²) in [4.78, 5) is 8.19. The van der Waals surface area contributed by atoms with Crippen molar-refractivity contribution in [2.45, 2.75) is 12.4 Å². The van der Waals surface area contributed by atoms with Crippen molar-refractivity contribution in [3.63, 3.8) is 0 Å². The van der Waals surface area contributed by atoms with Crippen molar-refractivity contribution in [3.05, 3.63) is 54.1 Å². The van der Waals surface area contributed by atoms with E-state index in [1.165, 1.54) is 0 Å². The van der Waals surface area contributed by atoms with Gasteiger partial charge >= 0.3 is 0 Å². The third-order valence-electron chi connectivity index (χ3n) is 2.07. The third-order valence-corrected chi connectivity index (χ3v) is 2.35. The highest BCUT2D eigenvalue weighted by atomic mass is 32.1. The zero-order chi connectivity index (χ0) is 11.2. The molecule has 0 saturated carbocycles. The molecule has 1 aromatic carbocycles. The molecule has 2 rings (SSSR count). The lowest BCUT2D eigenvalue weighted by Crippen LogP contribution is -1.97. The van der Waals surface area contributed by atoms with Crippen LogP contribution >= 0.6 is 12.6 Å². The van der Waals surface area contributed by atoms with Gasteiger partial charge in [0.2, 0.25) is 0 Å². The second kappa shape index (κ2) is 5.51. The Morgan fingerprint density at radius 1 is 1.06 bits per heavy atom. The topological polar surface area (TPSA) is 35.0 Å². The summed E-state index contributed by atoms with van der Waals surface area (Å²) in [5, 5.41) is 0. The minimum atomic E-state index is 0.532. The molecule has 0 aliphatic rings. The van der Waals surface area contributed by atoms with Crippen LogP contribution in [0.5, 0.6) is 5.75 Å². The average molecular weight is 232 g/mol. The first-order valence-corrected chi connectivity index (χ1v) is 5.60. The van der Waals surface area contributed by atoms with Crippen molar-refractivity contribution in [1.82, 2.24) is 9.97 Å². The van der Waals surface area contributed by atoms with E-state index >= 15 is 0 Å². The fraction of sp³-hybridized carbons (Fsp3) is 0.167. The van der Waals surface area contributed by atoms with Crippen molar-refractivity contribution in [1.29, 1.82) is 0 Å². The normalized spacial score (nSPS) is 10.1. The highest BCUT2D eigenvalue weighted by Crippen LogP contribution is 2.10. The summed E-state index contributed by atoms with van der Waals surface area (Å²) in [5.74, 6) is 1.92. The van der Waals surface area contributed by atoms with Gasteiger partial charge in [0.1, 0.15) is 12.4 Å². The first-order chi connectivity index (χ1) is 7.88. The minimum absolute atomic E-state index is 0.532. The van der Waals surface area contributed by atoms with E-state index in [9.17, 15) is 0 Å². The molecule has 0 saturated heterocycles. The lowest BCUT2D eigenvalue weighted by molar-refractivity contribution is 0.303. The van der Waals surface area contributed by atoms with Crippen LogP contribution in [-0.2, 0) is 12.4 Å². The standard InChI is InChI=1S/C12H12N2OS/c16-9-12-13-6-11(7-14-12)15-8-10-4-2-1-3-5-10/h1-7,16H,8-9H2. The molecule has 0 amide bonds. The molecular formula is C12H12N2OS. The maximum Gasteiger partial charge on any atom is 0.156 e. The lowest BCUT2D eigenvalue weighted by atomic mass is 10.2. The molecule has 3 nitrogen and oxygen atoms in total. The average Bonchev–Trinajstić information content (AvgIpc) is 2.38. The summed E-state index contributed by atoms with van der Waals surface area (Å²) in [6.07, 6.45) is 3.34. The van der Waals surface area contributed by atoms with Crippen LogP contribution in [0.3, 0.4) is 0 Å². The fourth-order valence-corrected chi connectivity index (χ4v) is 1.40. The van der Waals surface area contributed by atoms with Gasteiger partial charge in [0.25, 0.3) is 0 Å². The van der Waals surface area contributed by atoms with Gasteiger partial charge in [-0.3, -0.25) is 0 Å². The summed E-state index contributed by atoms with van der Waals surface area (Å²) in [6, 6.07) is 9.98. The zero-order valence-electron chi connectivity index (χ0n) is 8.71. The molecule has 0 N–H and O–H groups in total. The van der Waals surface area contributed by atoms with Gasteiger partial charge in [-0.25, -0.2) is 9.97 Å². The van der Waals surface area contributed by atoms with Gasteiger partial charge in [-0.05, 0) is 5.56 Å². The number of ether oxygens (including phenoxy) is 1.